The normalized spacial score (nSPS) is 14.9. The third kappa shape index (κ3) is 6.59. The number of carbonyl (C=O) groups excluding carboxylic acids is 1. The number of carbonyl (C=O) groups is 1. The Hall–Kier alpha value is -3.35. The summed E-state index contributed by atoms with van der Waals surface area (Å²) < 4.78 is 32.9. The summed E-state index contributed by atoms with van der Waals surface area (Å²) in [6, 6.07) is 22.2. The van der Waals surface area contributed by atoms with E-state index in [9.17, 15) is 13.6 Å². The van der Waals surface area contributed by atoms with E-state index in [0.29, 0.717) is 26.2 Å². The van der Waals surface area contributed by atoms with Gasteiger partial charge in [0, 0.05) is 26.2 Å². The quantitative estimate of drug-likeness (QED) is 0.452. The highest BCUT2D eigenvalue weighted by atomic mass is 19.1. The van der Waals surface area contributed by atoms with E-state index in [4.69, 9.17) is 4.74 Å². The predicted molar refractivity (Wildman–Crippen MR) is 129 cm³/mol. The molecular formula is C28H28F2N2O2. The minimum absolute atomic E-state index is 0.0723. The van der Waals surface area contributed by atoms with Crippen LogP contribution in [-0.4, -0.2) is 55.0 Å². The molecule has 0 bridgehead atoms. The Kier molecular flexibility index (Phi) is 8.17. The molecule has 34 heavy (non-hydrogen) atoms. The second-order valence-electron chi connectivity index (χ2n) is 8.28. The highest BCUT2D eigenvalue weighted by Crippen LogP contribution is 2.26. The van der Waals surface area contributed by atoms with Crippen LogP contribution in [0.1, 0.15) is 22.8 Å². The van der Waals surface area contributed by atoms with Crippen LogP contribution in [0, 0.1) is 11.6 Å². The number of piperazine rings is 1. The maximum absolute atomic E-state index is 13.4. The van der Waals surface area contributed by atoms with E-state index >= 15 is 0 Å². The van der Waals surface area contributed by atoms with Gasteiger partial charge in [-0.25, -0.2) is 8.78 Å². The van der Waals surface area contributed by atoms with Crippen molar-refractivity contribution < 1.29 is 18.3 Å². The van der Waals surface area contributed by atoms with Crippen molar-refractivity contribution in [1.29, 1.82) is 0 Å². The molecule has 0 aliphatic carbocycles. The Morgan fingerprint density at radius 1 is 0.853 bits per heavy atom. The summed E-state index contributed by atoms with van der Waals surface area (Å²) in [6.45, 7) is 3.31. The first-order chi connectivity index (χ1) is 16.6. The molecule has 1 aliphatic heterocycles. The van der Waals surface area contributed by atoms with E-state index in [0.717, 1.165) is 29.8 Å². The van der Waals surface area contributed by atoms with Gasteiger partial charge in [-0.3, -0.25) is 9.69 Å². The molecule has 0 aromatic heterocycles. The van der Waals surface area contributed by atoms with Crippen molar-refractivity contribution in [3.8, 4) is 0 Å². The molecule has 0 atom stereocenters. The minimum Gasteiger partial charge on any atom is -0.367 e. The number of rotatable bonds is 9. The molecule has 6 heteroatoms. The second kappa shape index (κ2) is 11.7. The molecule has 1 saturated heterocycles. The monoisotopic (exact) mass is 462 g/mol. The van der Waals surface area contributed by atoms with Crippen LogP contribution in [0.4, 0.5) is 8.78 Å². The molecule has 1 aliphatic rings. The van der Waals surface area contributed by atoms with Crippen LogP contribution in [0.2, 0.25) is 0 Å². The first kappa shape index (κ1) is 23.8. The van der Waals surface area contributed by atoms with Crippen molar-refractivity contribution in [2.24, 2.45) is 0 Å². The smallest absolute Gasteiger partial charge is 0.236 e. The maximum atomic E-state index is 13.4. The maximum Gasteiger partial charge on any atom is 0.236 e. The number of amides is 1. The number of hydrogen-bond donors (Lipinski definition) is 0. The van der Waals surface area contributed by atoms with E-state index in [1.54, 1.807) is 24.3 Å². The van der Waals surface area contributed by atoms with Crippen LogP contribution in [-0.2, 0) is 9.53 Å². The first-order valence-corrected chi connectivity index (χ1v) is 11.4. The summed E-state index contributed by atoms with van der Waals surface area (Å²) in [5.74, 6) is -0.588. The van der Waals surface area contributed by atoms with Gasteiger partial charge in [0.25, 0.3) is 0 Å². The van der Waals surface area contributed by atoms with Crippen LogP contribution in [0.15, 0.2) is 84.9 Å². The molecule has 4 rings (SSSR count). The van der Waals surface area contributed by atoms with Gasteiger partial charge in [-0.15, -0.1) is 0 Å². The SMILES string of the molecule is O=C1CN(C/C=C/c2ccccc2)CCN1CCOC(c1ccc(F)cc1)c1ccc(F)cc1. The highest BCUT2D eigenvalue weighted by Gasteiger charge is 2.23. The molecule has 0 radical (unpaired) electrons. The van der Waals surface area contributed by atoms with Gasteiger partial charge in [-0.2, -0.15) is 0 Å². The molecule has 0 N–H and O–H groups in total. The molecule has 0 saturated carbocycles. The van der Waals surface area contributed by atoms with Gasteiger partial charge in [0.2, 0.25) is 5.91 Å². The molecule has 0 unspecified atom stereocenters. The van der Waals surface area contributed by atoms with Crippen molar-refractivity contribution in [3.63, 3.8) is 0 Å². The standard InChI is InChI=1S/C28H28F2N2O2/c29-25-12-8-23(9-13-25)28(24-10-14-26(30)15-11-24)34-20-19-32-18-17-31(21-27(32)33)16-4-7-22-5-2-1-3-6-22/h1-15,28H,16-21H2/b7-4+. The van der Waals surface area contributed by atoms with Crippen molar-refractivity contribution >= 4 is 12.0 Å². The summed E-state index contributed by atoms with van der Waals surface area (Å²) in [5, 5.41) is 0. The Bertz CT molecular complexity index is 1040. The lowest BCUT2D eigenvalue weighted by molar-refractivity contribution is -0.136. The lowest BCUT2D eigenvalue weighted by Crippen LogP contribution is -2.51. The number of benzene rings is 3. The average Bonchev–Trinajstić information content (AvgIpc) is 2.85. The Balaban J connectivity index is 1.29. The van der Waals surface area contributed by atoms with E-state index in [-0.39, 0.29) is 17.5 Å². The van der Waals surface area contributed by atoms with Crippen molar-refractivity contribution in [3.05, 3.63) is 113 Å². The fourth-order valence-electron chi connectivity index (χ4n) is 3.99. The molecule has 176 valence electrons. The van der Waals surface area contributed by atoms with Gasteiger partial charge in [-0.05, 0) is 41.0 Å². The average molecular weight is 463 g/mol. The van der Waals surface area contributed by atoms with E-state index < -0.39 is 6.10 Å². The van der Waals surface area contributed by atoms with Gasteiger partial charge in [0.05, 0.1) is 13.2 Å². The molecule has 1 amide bonds. The lowest BCUT2D eigenvalue weighted by Gasteiger charge is -2.34. The van der Waals surface area contributed by atoms with Gasteiger partial charge < -0.3 is 9.64 Å². The van der Waals surface area contributed by atoms with Gasteiger partial charge >= 0.3 is 0 Å². The fraction of sp³-hybridized carbons (Fsp3) is 0.250. The van der Waals surface area contributed by atoms with Crippen LogP contribution >= 0.6 is 0 Å². The van der Waals surface area contributed by atoms with Gasteiger partial charge in [-0.1, -0.05) is 66.7 Å². The van der Waals surface area contributed by atoms with Crippen LogP contribution in [0.25, 0.3) is 6.08 Å². The molecule has 3 aromatic rings. The molecule has 0 spiro atoms. The summed E-state index contributed by atoms with van der Waals surface area (Å²) in [7, 11) is 0. The topological polar surface area (TPSA) is 32.8 Å². The first-order valence-electron chi connectivity index (χ1n) is 11.4. The van der Waals surface area contributed by atoms with Crippen LogP contribution in [0.5, 0.6) is 0 Å². The summed E-state index contributed by atoms with van der Waals surface area (Å²) in [5.41, 5.74) is 2.69. The largest absolute Gasteiger partial charge is 0.367 e. The number of ether oxygens (including phenoxy) is 1. The zero-order valence-electron chi connectivity index (χ0n) is 18.9. The lowest BCUT2D eigenvalue weighted by atomic mass is 10.0. The molecule has 3 aromatic carbocycles. The number of hydrogen-bond acceptors (Lipinski definition) is 3. The van der Waals surface area contributed by atoms with Crippen molar-refractivity contribution in [2.75, 3.05) is 39.3 Å². The fourth-order valence-corrected chi connectivity index (χ4v) is 3.99. The van der Waals surface area contributed by atoms with E-state index in [1.807, 2.05) is 35.2 Å². The summed E-state index contributed by atoms with van der Waals surface area (Å²) in [4.78, 5) is 16.6. The Morgan fingerprint density at radius 3 is 2.06 bits per heavy atom. The predicted octanol–water partition coefficient (Wildman–Crippen LogP) is 4.93. The highest BCUT2D eigenvalue weighted by molar-refractivity contribution is 5.79. The molecule has 1 heterocycles. The van der Waals surface area contributed by atoms with Crippen LogP contribution < -0.4 is 0 Å². The van der Waals surface area contributed by atoms with Crippen LogP contribution in [0.3, 0.4) is 0 Å². The molecular weight excluding hydrogens is 434 g/mol. The van der Waals surface area contributed by atoms with E-state index in [2.05, 4.69) is 17.1 Å². The summed E-state index contributed by atoms with van der Waals surface area (Å²) >= 11 is 0. The number of halogens is 2. The Labute approximate surface area is 199 Å². The number of nitrogens with zero attached hydrogens (tertiary/aromatic N) is 2. The van der Waals surface area contributed by atoms with Crippen molar-refractivity contribution in [1.82, 2.24) is 9.80 Å². The van der Waals surface area contributed by atoms with Crippen molar-refractivity contribution in [2.45, 2.75) is 6.10 Å². The Morgan fingerprint density at radius 2 is 1.47 bits per heavy atom. The molecule has 4 nitrogen and oxygen atoms in total. The molecule has 1 fully saturated rings. The van der Waals surface area contributed by atoms with Gasteiger partial charge in [0.1, 0.15) is 17.7 Å². The minimum atomic E-state index is -0.472. The third-order valence-corrected chi connectivity index (χ3v) is 5.86. The zero-order valence-corrected chi connectivity index (χ0v) is 18.9. The second-order valence-corrected chi connectivity index (χ2v) is 8.28. The summed E-state index contributed by atoms with van der Waals surface area (Å²) in [6.07, 6.45) is 3.67. The third-order valence-electron chi connectivity index (χ3n) is 5.86. The van der Waals surface area contributed by atoms with Gasteiger partial charge in [0.15, 0.2) is 0 Å². The zero-order chi connectivity index (χ0) is 23.8. The van der Waals surface area contributed by atoms with E-state index in [1.165, 1.54) is 24.3 Å².